The topological polar surface area (TPSA) is 37.0 Å². The van der Waals surface area contributed by atoms with Gasteiger partial charge in [-0.3, -0.25) is 0 Å². The van der Waals surface area contributed by atoms with Crippen molar-refractivity contribution in [2.45, 2.75) is 31.5 Å². The fourth-order valence-corrected chi connectivity index (χ4v) is 2.17. The highest BCUT2D eigenvalue weighted by Crippen LogP contribution is 2.32. The average molecular weight is 309 g/mol. The van der Waals surface area contributed by atoms with Crippen LogP contribution in [0.1, 0.15) is 18.4 Å². The van der Waals surface area contributed by atoms with E-state index < -0.39 is 24.1 Å². The van der Waals surface area contributed by atoms with E-state index in [4.69, 9.17) is 0 Å². The Balaban J connectivity index is 1.63. The van der Waals surface area contributed by atoms with Crippen LogP contribution in [0.3, 0.4) is 0 Å². The zero-order valence-corrected chi connectivity index (χ0v) is 11.1. The molecule has 8 heteroatoms. The molecule has 3 nitrogen and oxygen atoms in total. The Morgan fingerprint density at radius 3 is 2.43 bits per heavy atom. The largest absolute Gasteiger partial charge is 0.417 e. The first-order valence-corrected chi connectivity index (χ1v) is 6.65. The van der Waals surface area contributed by atoms with Crippen molar-refractivity contribution < 1.29 is 22.0 Å². The molecule has 0 aromatic carbocycles. The SMILES string of the molecule is FC(F)C1CC(NCCNc2ccc(C(F)(F)F)cn2)C1. The lowest BCUT2D eigenvalue weighted by Gasteiger charge is -2.35. The summed E-state index contributed by atoms with van der Waals surface area (Å²) >= 11 is 0. The highest BCUT2D eigenvalue weighted by molar-refractivity contribution is 5.36. The molecule has 1 fully saturated rings. The third-order valence-electron chi connectivity index (χ3n) is 3.49. The van der Waals surface area contributed by atoms with Crippen molar-refractivity contribution in [3.05, 3.63) is 23.9 Å². The second kappa shape index (κ2) is 6.55. The van der Waals surface area contributed by atoms with Crippen molar-refractivity contribution in [3.63, 3.8) is 0 Å². The number of nitrogens with zero attached hydrogens (tertiary/aromatic N) is 1. The smallest absolute Gasteiger partial charge is 0.369 e. The molecule has 0 spiro atoms. The van der Waals surface area contributed by atoms with Gasteiger partial charge in [0.2, 0.25) is 6.43 Å². The van der Waals surface area contributed by atoms with Gasteiger partial charge in [-0.2, -0.15) is 13.2 Å². The number of nitrogens with one attached hydrogen (secondary N) is 2. The van der Waals surface area contributed by atoms with Gasteiger partial charge in [-0.25, -0.2) is 13.8 Å². The number of hydrogen-bond acceptors (Lipinski definition) is 3. The van der Waals surface area contributed by atoms with Gasteiger partial charge in [0.15, 0.2) is 0 Å². The first kappa shape index (κ1) is 15.9. The lowest BCUT2D eigenvalue weighted by molar-refractivity contribution is -0.137. The van der Waals surface area contributed by atoms with Crippen molar-refractivity contribution >= 4 is 5.82 Å². The maximum absolute atomic E-state index is 12.3. The van der Waals surface area contributed by atoms with Gasteiger partial charge in [-0.05, 0) is 25.0 Å². The summed E-state index contributed by atoms with van der Waals surface area (Å²) in [4.78, 5) is 3.67. The Bertz CT molecular complexity index is 440. The number of halogens is 5. The summed E-state index contributed by atoms with van der Waals surface area (Å²) in [5, 5.41) is 5.98. The molecule has 1 aromatic heterocycles. The summed E-state index contributed by atoms with van der Waals surface area (Å²) in [6.45, 7) is 1.01. The van der Waals surface area contributed by atoms with Crippen LogP contribution in [0.5, 0.6) is 0 Å². The molecule has 0 saturated heterocycles. The Kier molecular flexibility index (Phi) is 4.97. The molecule has 118 valence electrons. The lowest BCUT2D eigenvalue weighted by Crippen LogP contribution is -2.45. The molecule has 0 radical (unpaired) electrons. The van der Waals surface area contributed by atoms with E-state index in [-0.39, 0.29) is 6.04 Å². The van der Waals surface area contributed by atoms with E-state index in [1.165, 1.54) is 6.07 Å². The van der Waals surface area contributed by atoms with Gasteiger partial charge in [-0.15, -0.1) is 0 Å². The second-order valence-electron chi connectivity index (χ2n) is 5.07. The van der Waals surface area contributed by atoms with Crippen LogP contribution in [0.4, 0.5) is 27.8 Å². The molecular formula is C13H16F5N3. The summed E-state index contributed by atoms with van der Waals surface area (Å²) in [6.07, 6.45) is -4.93. The van der Waals surface area contributed by atoms with Crippen molar-refractivity contribution in [1.82, 2.24) is 10.3 Å². The van der Waals surface area contributed by atoms with Crippen LogP contribution >= 0.6 is 0 Å². The minimum Gasteiger partial charge on any atom is -0.369 e. The third-order valence-corrected chi connectivity index (χ3v) is 3.49. The number of aromatic nitrogens is 1. The average Bonchev–Trinajstić information content (AvgIpc) is 2.35. The highest BCUT2D eigenvalue weighted by atomic mass is 19.4. The monoisotopic (exact) mass is 309 g/mol. The van der Waals surface area contributed by atoms with E-state index in [1.807, 2.05) is 0 Å². The van der Waals surface area contributed by atoms with Gasteiger partial charge in [0.05, 0.1) is 5.56 Å². The van der Waals surface area contributed by atoms with Crippen LogP contribution in [0.25, 0.3) is 0 Å². The van der Waals surface area contributed by atoms with E-state index in [0.29, 0.717) is 31.7 Å². The Hall–Kier alpha value is -1.44. The fraction of sp³-hybridized carbons (Fsp3) is 0.615. The molecule has 1 saturated carbocycles. The minimum absolute atomic E-state index is 0.103. The third kappa shape index (κ3) is 4.52. The van der Waals surface area contributed by atoms with Gasteiger partial charge in [0.25, 0.3) is 0 Å². The summed E-state index contributed by atoms with van der Waals surface area (Å²) in [7, 11) is 0. The Labute approximate surface area is 118 Å². The zero-order chi connectivity index (χ0) is 15.5. The Morgan fingerprint density at radius 2 is 1.90 bits per heavy atom. The summed E-state index contributed by atoms with van der Waals surface area (Å²) in [6, 6.07) is 2.33. The molecule has 2 N–H and O–H groups in total. The number of rotatable bonds is 6. The molecule has 0 atom stereocenters. The van der Waals surface area contributed by atoms with Gasteiger partial charge in [0.1, 0.15) is 5.82 Å². The molecule has 1 aliphatic rings. The molecule has 0 bridgehead atoms. The molecule has 0 amide bonds. The first-order chi connectivity index (χ1) is 9.86. The summed E-state index contributed by atoms with van der Waals surface area (Å²) in [5.74, 6) is -0.157. The van der Waals surface area contributed by atoms with Crippen LogP contribution in [-0.2, 0) is 6.18 Å². The second-order valence-corrected chi connectivity index (χ2v) is 5.07. The van der Waals surface area contributed by atoms with Gasteiger partial charge in [-0.1, -0.05) is 0 Å². The molecule has 0 unspecified atom stereocenters. The molecule has 1 aliphatic carbocycles. The van der Waals surface area contributed by atoms with E-state index in [2.05, 4.69) is 15.6 Å². The molecule has 1 aromatic rings. The molecule has 0 aliphatic heterocycles. The summed E-state index contributed by atoms with van der Waals surface area (Å²) in [5.41, 5.74) is -0.793. The van der Waals surface area contributed by atoms with E-state index in [0.717, 1.165) is 12.3 Å². The number of alkyl halides is 5. The van der Waals surface area contributed by atoms with Gasteiger partial charge < -0.3 is 10.6 Å². The van der Waals surface area contributed by atoms with Crippen molar-refractivity contribution in [2.24, 2.45) is 5.92 Å². The summed E-state index contributed by atoms with van der Waals surface area (Å²) < 4.78 is 61.5. The number of pyridine rings is 1. The predicted octanol–water partition coefficient (Wildman–Crippen LogP) is 3.15. The van der Waals surface area contributed by atoms with Crippen molar-refractivity contribution in [1.29, 1.82) is 0 Å². The van der Waals surface area contributed by atoms with E-state index in [1.54, 1.807) is 0 Å². The number of anilines is 1. The Morgan fingerprint density at radius 1 is 1.19 bits per heavy atom. The quantitative estimate of drug-likeness (QED) is 0.626. The molecular weight excluding hydrogens is 293 g/mol. The standard InChI is InChI=1S/C13H16F5N3/c14-12(15)8-5-10(6-8)19-3-4-20-11-2-1-9(7-21-11)13(16,17)18/h1-2,7-8,10,12,19H,3-6H2,(H,20,21). The van der Waals surface area contributed by atoms with Crippen LogP contribution in [0.15, 0.2) is 18.3 Å². The van der Waals surface area contributed by atoms with Crippen LogP contribution in [-0.4, -0.2) is 30.5 Å². The van der Waals surface area contributed by atoms with Gasteiger partial charge >= 0.3 is 6.18 Å². The molecule has 2 rings (SSSR count). The lowest BCUT2D eigenvalue weighted by atomic mass is 9.80. The normalized spacial score (nSPS) is 22.2. The molecule has 21 heavy (non-hydrogen) atoms. The highest BCUT2D eigenvalue weighted by Gasteiger charge is 2.35. The van der Waals surface area contributed by atoms with E-state index >= 15 is 0 Å². The van der Waals surface area contributed by atoms with Crippen LogP contribution < -0.4 is 10.6 Å². The van der Waals surface area contributed by atoms with Crippen molar-refractivity contribution in [3.8, 4) is 0 Å². The number of hydrogen-bond donors (Lipinski definition) is 2. The first-order valence-electron chi connectivity index (χ1n) is 6.65. The maximum atomic E-state index is 12.3. The van der Waals surface area contributed by atoms with Crippen molar-refractivity contribution in [2.75, 3.05) is 18.4 Å². The van der Waals surface area contributed by atoms with Gasteiger partial charge in [0, 0.05) is 31.2 Å². The maximum Gasteiger partial charge on any atom is 0.417 e. The predicted molar refractivity (Wildman–Crippen MR) is 68.2 cm³/mol. The van der Waals surface area contributed by atoms with E-state index in [9.17, 15) is 22.0 Å². The van der Waals surface area contributed by atoms with Crippen LogP contribution in [0, 0.1) is 5.92 Å². The fourth-order valence-electron chi connectivity index (χ4n) is 2.17. The van der Waals surface area contributed by atoms with Crippen LogP contribution in [0.2, 0.25) is 0 Å². The molecule has 1 heterocycles. The minimum atomic E-state index is -4.39. The zero-order valence-electron chi connectivity index (χ0n) is 11.1.